The first-order chi connectivity index (χ1) is 53.4. The number of anilines is 2. The van der Waals surface area contributed by atoms with Gasteiger partial charge in [-0.15, -0.1) is 0 Å². The molecule has 5 unspecified atom stereocenters. The summed E-state index contributed by atoms with van der Waals surface area (Å²) < 4.78 is 87.1. The molecule has 0 radical (unpaired) electrons. The number of likely N-dealkylation sites (tertiary alicyclic amines) is 1. The van der Waals surface area contributed by atoms with E-state index in [0.29, 0.717) is 84.1 Å². The number of thiazole rings is 1. The Kier molecular flexibility index (Phi) is 26.2. The number of imide groups is 1. The summed E-state index contributed by atoms with van der Waals surface area (Å²) in [6, 6.07) is 19.1. The number of benzene rings is 3. The van der Waals surface area contributed by atoms with Gasteiger partial charge < -0.3 is 50.4 Å². The topological polar surface area (TPSA) is 446 Å². The fourth-order valence-corrected chi connectivity index (χ4v) is 18.8. The zero-order valence-electron chi connectivity index (χ0n) is 63.8. The van der Waals surface area contributed by atoms with Crippen LogP contribution in [-0.4, -0.2) is 212 Å². The van der Waals surface area contributed by atoms with Crippen LogP contribution in [0.1, 0.15) is 141 Å². The molecule has 3 aliphatic heterocycles. The second-order valence-electron chi connectivity index (χ2n) is 31.4. The number of ketones is 2. The Hall–Kier alpha value is -9.91. The number of Topliss-reactive ketones (excluding diaryl/α,β-unsaturated/α-hetero) is 2. The van der Waals surface area contributed by atoms with E-state index < -0.39 is 152 Å². The molecule has 113 heavy (non-hydrogen) atoms. The molecule has 2 saturated carbocycles. The molecule has 2 aliphatic carbocycles. The van der Waals surface area contributed by atoms with E-state index in [1.807, 2.05) is 52.9 Å². The number of carbonyl (C=O) groups is 10. The summed E-state index contributed by atoms with van der Waals surface area (Å²) in [5, 5.41) is 24.3. The predicted octanol–water partition coefficient (Wildman–Crippen LogP) is 7.36. The second-order valence-corrected chi connectivity index (χ2v) is 35.6. The maximum atomic E-state index is 14.2. The van der Waals surface area contributed by atoms with Gasteiger partial charge in [-0.05, 0) is 134 Å². The first kappa shape index (κ1) is 84.0. The van der Waals surface area contributed by atoms with Crippen molar-refractivity contribution in [3.05, 3.63) is 136 Å². The van der Waals surface area contributed by atoms with Gasteiger partial charge in [0.2, 0.25) is 11.8 Å². The molecule has 8 amide bonds. The van der Waals surface area contributed by atoms with Crippen molar-refractivity contribution < 1.29 is 93.2 Å². The van der Waals surface area contributed by atoms with Crippen molar-refractivity contribution in [2.75, 3.05) is 74.3 Å². The Morgan fingerprint density at radius 3 is 2.27 bits per heavy atom. The average molecular weight is 1620 g/mol. The summed E-state index contributed by atoms with van der Waals surface area (Å²) in [6.45, 7) is 11.0. The van der Waals surface area contributed by atoms with Gasteiger partial charge in [-0.1, -0.05) is 94.5 Å². The van der Waals surface area contributed by atoms with Crippen LogP contribution >= 0.6 is 11.3 Å². The van der Waals surface area contributed by atoms with Crippen LogP contribution in [0.15, 0.2) is 97.2 Å². The lowest BCUT2D eigenvalue weighted by Gasteiger charge is -2.58. The number of amides is 8. The maximum absolute atomic E-state index is 14.2. The Labute approximate surface area is 658 Å². The highest BCUT2D eigenvalue weighted by Crippen LogP contribution is 2.60. The van der Waals surface area contributed by atoms with Gasteiger partial charge in [-0.2, -0.15) is 21.9 Å². The molecule has 1 saturated heterocycles. The van der Waals surface area contributed by atoms with Gasteiger partial charge in [-0.25, -0.2) is 24.4 Å². The summed E-state index contributed by atoms with van der Waals surface area (Å²) in [6.07, 6.45) is 6.54. The van der Waals surface area contributed by atoms with E-state index >= 15 is 0 Å². The molecule has 6 aromatic rings. The van der Waals surface area contributed by atoms with Gasteiger partial charge in [0.1, 0.15) is 18.5 Å². The lowest BCUT2D eigenvalue weighted by molar-refractivity contribution is -0.179. The largest absolute Gasteiger partial charge is 0.476 e. The normalized spacial score (nSPS) is 21.5. The van der Waals surface area contributed by atoms with Gasteiger partial charge in [0.15, 0.2) is 22.4 Å². The molecular weight excluding hydrogens is 1520 g/mol. The van der Waals surface area contributed by atoms with Crippen molar-refractivity contribution in [1.82, 2.24) is 45.1 Å². The van der Waals surface area contributed by atoms with E-state index in [1.165, 1.54) is 11.3 Å². The van der Waals surface area contributed by atoms with E-state index in [0.717, 1.165) is 66.7 Å². The molecule has 35 heteroatoms. The third-order valence-corrected chi connectivity index (χ3v) is 24.1. The number of primary amides is 1. The van der Waals surface area contributed by atoms with Crippen LogP contribution in [0.5, 0.6) is 0 Å². The van der Waals surface area contributed by atoms with Crippen molar-refractivity contribution in [2.24, 2.45) is 34.3 Å². The van der Waals surface area contributed by atoms with Crippen LogP contribution in [0.4, 0.5) is 20.5 Å². The van der Waals surface area contributed by atoms with Crippen molar-refractivity contribution in [3.63, 3.8) is 0 Å². The molecule has 3 fully saturated rings. The summed E-state index contributed by atoms with van der Waals surface area (Å²) in [5.41, 5.74) is 9.69. The third kappa shape index (κ3) is 21.3. The second kappa shape index (κ2) is 35.2. The van der Waals surface area contributed by atoms with E-state index in [2.05, 4.69) is 41.7 Å². The number of pyridine rings is 1. The molecular formula is C78H96N12O20S3. The van der Waals surface area contributed by atoms with Crippen LogP contribution in [0.3, 0.4) is 0 Å². The molecule has 3 aromatic heterocycles. The average Bonchev–Trinajstić information content (AvgIpc) is 1.63. The van der Waals surface area contributed by atoms with Crippen molar-refractivity contribution in [2.45, 2.75) is 156 Å². The summed E-state index contributed by atoms with van der Waals surface area (Å²) >= 11 is 1.39. The van der Waals surface area contributed by atoms with Crippen LogP contribution in [-0.2, 0) is 95.8 Å². The first-order valence-corrected chi connectivity index (χ1v) is 41.6. The molecule has 2 bridgehead atoms. The lowest BCUT2D eigenvalue weighted by Crippen LogP contribution is -2.55. The number of para-hydroxylation sites is 1. The number of aromatic carboxylic acids is 1. The van der Waals surface area contributed by atoms with Gasteiger partial charge in [0.05, 0.1) is 72.0 Å². The van der Waals surface area contributed by atoms with E-state index in [9.17, 15) is 79.0 Å². The number of nitrogens with two attached hydrogens (primary N) is 1. The monoisotopic (exact) mass is 1620 g/mol. The Morgan fingerprint density at radius 2 is 1.57 bits per heavy atom. The molecule has 8 N–H and O–H groups in total. The van der Waals surface area contributed by atoms with Gasteiger partial charge in [0.25, 0.3) is 38.0 Å². The lowest BCUT2D eigenvalue weighted by atomic mass is 9.51. The highest BCUT2D eigenvalue weighted by molar-refractivity contribution is 7.86. The molecule has 5 aliphatic rings. The quantitative estimate of drug-likeness (QED) is 0.0115. The zero-order chi connectivity index (χ0) is 81.5. The van der Waals surface area contributed by atoms with Crippen molar-refractivity contribution in [3.8, 4) is 11.1 Å². The fourth-order valence-electron chi connectivity index (χ4n) is 17.2. The smallest absolute Gasteiger partial charge is 0.410 e. The van der Waals surface area contributed by atoms with Crippen molar-refractivity contribution in [1.29, 1.82) is 0 Å². The molecule has 0 spiro atoms. The number of carbonyl (C=O) groups excluding carboxylic acids is 9. The van der Waals surface area contributed by atoms with E-state index in [-0.39, 0.29) is 81.5 Å². The molecule has 606 valence electrons. The number of fused-ring (bicyclic) bond motifs is 4. The number of rotatable bonds is 36. The summed E-state index contributed by atoms with van der Waals surface area (Å²) in [5.74, 6) is -7.87. The highest BCUT2D eigenvalue weighted by atomic mass is 32.2. The Bertz CT molecular complexity index is 4860. The van der Waals surface area contributed by atoms with Gasteiger partial charge >= 0.3 is 18.1 Å². The number of carboxylic acids is 1. The minimum atomic E-state index is -4.55. The number of ether oxygens (including phenoxy) is 3. The molecule has 11 rings (SSSR count). The summed E-state index contributed by atoms with van der Waals surface area (Å²) in [4.78, 5) is 148. The number of carboxylic acid groups (broad SMARTS) is 1. The molecule has 3 aromatic carbocycles. The van der Waals surface area contributed by atoms with Gasteiger partial charge in [0, 0.05) is 99.0 Å². The highest BCUT2D eigenvalue weighted by Gasteiger charge is 2.56. The minimum absolute atomic E-state index is 0.0166. The van der Waals surface area contributed by atoms with E-state index in [4.69, 9.17) is 30.0 Å². The summed E-state index contributed by atoms with van der Waals surface area (Å²) in [7, 11) is -8.96. The van der Waals surface area contributed by atoms with Gasteiger partial charge in [-0.3, -0.25) is 57.6 Å². The first-order valence-electron chi connectivity index (χ1n) is 37.6. The number of nitrogens with one attached hydrogen (secondary N) is 3. The van der Waals surface area contributed by atoms with Crippen LogP contribution in [0.25, 0.3) is 21.3 Å². The SMILES string of the molecule is Cc1c(-c2ccc(N3CCc4cccc(C(=O)Nc5nc6ccccc6s5)c4C3)nc2C(=O)O)cnn1CC1(C)CC2(C)CC(C)CC(OCCN(CCS(=O)(=O)O)C(=O)OCc3ccc(CC(=O)[C@H](CCCNC(N)=O)NC(=O)[C@@H](CC(=O)CN4C(=O)C(N5C(=O)C=CC5=O)C[C@H]4COCCS(=O)(=O)O)C(C)C)cc3)(C2)C1. The fraction of sp³-hybridized carbons (Fsp3) is 0.500. The zero-order valence-corrected chi connectivity index (χ0v) is 66.3. The minimum Gasteiger partial charge on any atom is -0.476 e. The van der Waals surface area contributed by atoms with Crippen LogP contribution in [0, 0.1) is 35.5 Å². The van der Waals surface area contributed by atoms with Crippen LogP contribution in [0.2, 0.25) is 0 Å². The predicted molar refractivity (Wildman–Crippen MR) is 415 cm³/mol. The number of urea groups is 1. The van der Waals surface area contributed by atoms with Crippen LogP contribution < -0.4 is 26.6 Å². The Balaban J connectivity index is 0.703. The molecule has 32 nitrogen and oxygen atoms in total. The van der Waals surface area contributed by atoms with Crippen molar-refractivity contribution >= 4 is 112 Å². The number of hydrogen-bond acceptors (Lipinski definition) is 22. The number of aromatic nitrogens is 4. The third-order valence-electron chi connectivity index (χ3n) is 21.8. The number of hydrogen-bond donors (Lipinski definition) is 7. The Morgan fingerprint density at radius 1 is 0.841 bits per heavy atom. The molecule has 8 atom stereocenters. The van der Waals surface area contributed by atoms with E-state index in [1.54, 1.807) is 62.5 Å². The maximum Gasteiger partial charge on any atom is 0.410 e. The standard InChI is InChI=1S/C78H96N12O20S3/c1-47(2)57(35-54(91)39-88-53(42-108-30-32-113(105,106)107)34-62(71(88)97)90-66(93)22-23-67(90)94)70(96)82-60(14-10-25-80-73(79)100)63(92)33-50-16-18-51(19-17-50)41-109-75(101)86(28-31-112(102,103)104)27-29-110-78-37-48(3)36-76(5,44-78)43-77(6,45-78)46-89-49(4)58(38-81-89)55-20-21-65(84-68(55)72(98)99)87-26-24-52-11-9-12-56(59(52)40-87)69(95)85-74-83-61-13-7-8-15-64(61)111-74/h7-9,11-13,15-23,38,47-48,53,57,60,62H,10,14,24-37,39-46H2,1-6H3,(H,82,96)(H,98,99)(H3,79,80,100)(H,83,85,95)(H,102,103,104)(H,105,106,107)/t48?,53-,57-,60-,62?,76?,77?,78?/m0/s1. The molecule has 6 heterocycles. The number of nitrogens with zero attached hydrogens (tertiary/aromatic N) is 8.